The van der Waals surface area contributed by atoms with E-state index in [0.717, 1.165) is 5.56 Å². The number of rotatable bonds is 15. The fourth-order valence-corrected chi connectivity index (χ4v) is 5.22. The van der Waals surface area contributed by atoms with Crippen LogP contribution in [-0.4, -0.2) is 42.0 Å². The van der Waals surface area contributed by atoms with Crippen molar-refractivity contribution in [2.24, 2.45) is 10.1 Å². The molecule has 5 rings (SSSR count). The Morgan fingerprint density at radius 1 is 1.00 bits per heavy atom. The fraction of sp³-hybridized carbons (Fsp3) is 0.222. The molecule has 0 spiro atoms. The summed E-state index contributed by atoms with van der Waals surface area (Å²) in [6.07, 6.45) is -1.67. The molecule has 3 N–H and O–H groups in total. The Kier molecular flexibility index (Phi) is 11.7. The van der Waals surface area contributed by atoms with Crippen LogP contribution in [0.3, 0.4) is 0 Å². The molecular weight excluding hydrogens is 653 g/mol. The molecule has 1 heterocycles. The first-order chi connectivity index (χ1) is 24.2. The Labute approximate surface area is 285 Å². The Morgan fingerprint density at radius 3 is 2.40 bits per heavy atom. The van der Waals surface area contributed by atoms with Crippen molar-refractivity contribution in [3.63, 3.8) is 0 Å². The number of ether oxygens (including phenoxy) is 3. The van der Waals surface area contributed by atoms with E-state index in [1.165, 1.54) is 24.3 Å². The molecule has 1 aliphatic rings. The highest BCUT2D eigenvalue weighted by atomic mass is 19.4. The van der Waals surface area contributed by atoms with Gasteiger partial charge in [-0.05, 0) is 53.1 Å². The lowest BCUT2D eigenvalue weighted by Crippen LogP contribution is -2.52. The summed E-state index contributed by atoms with van der Waals surface area (Å²) < 4.78 is 53.8. The average Bonchev–Trinajstić information content (AvgIpc) is 3.50. The van der Waals surface area contributed by atoms with E-state index in [4.69, 9.17) is 19.6 Å². The second-order valence-corrected chi connectivity index (χ2v) is 11.1. The standard InChI is InChI=1S/C36H33F3N6O5/c37-36(38,39)50-29-17-13-26(14-18-29)24-41-44-34(47)35(21-6-10-25-8-2-1-3-9-25)32(30-11-4-5-12-31(30)43-45-40)49-33(42-35)27-15-19-28(20-16-27)48-23-7-22-46/h1-6,8-20,32,41,46H,7,21-24H2,(H,44,47)/b10-6+/t32-,35-/m0/s1. The van der Waals surface area contributed by atoms with E-state index in [0.29, 0.717) is 35.5 Å². The summed E-state index contributed by atoms with van der Waals surface area (Å²) >= 11 is 0. The molecule has 1 aliphatic heterocycles. The molecular formula is C36H33F3N6O5. The molecule has 0 saturated carbocycles. The van der Waals surface area contributed by atoms with Crippen molar-refractivity contribution in [3.8, 4) is 11.5 Å². The number of hydrazine groups is 1. The number of alkyl halides is 3. The number of benzene rings is 4. The summed E-state index contributed by atoms with van der Waals surface area (Å²) in [5.41, 5.74) is 16.0. The van der Waals surface area contributed by atoms with E-state index in [1.54, 1.807) is 48.5 Å². The monoisotopic (exact) mass is 686 g/mol. The molecule has 4 aromatic rings. The van der Waals surface area contributed by atoms with E-state index < -0.39 is 23.9 Å². The summed E-state index contributed by atoms with van der Waals surface area (Å²) in [7, 11) is 0. The van der Waals surface area contributed by atoms with Crippen LogP contribution in [0, 0.1) is 0 Å². The number of nitrogens with zero attached hydrogens (tertiary/aromatic N) is 4. The van der Waals surface area contributed by atoms with E-state index in [9.17, 15) is 23.5 Å². The third-order valence-corrected chi connectivity index (χ3v) is 7.59. The molecule has 0 bridgehead atoms. The Bertz CT molecular complexity index is 1850. The summed E-state index contributed by atoms with van der Waals surface area (Å²) in [5.74, 6) is -0.211. The van der Waals surface area contributed by atoms with Crippen LogP contribution in [0.25, 0.3) is 16.5 Å². The van der Waals surface area contributed by atoms with Crippen molar-refractivity contribution in [2.75, 3.05) is 13.2 Å². The molecule has 0 unspecified atom stereocenters. The van der Waals surface area contributed by atoms with Gasteiger partial charge < -0.3 is 19.3 Å². The van der Waals surface area contributed by atoms with Crippen molar-refractivity contribution in [1.82, 2.24) is 10.9 Å². The van der Waals surface area contributed by atoms with Crippen LogP contribution in [-0.2, 0) is 16.1 Å². The zero-order valence-electron chi connectivity index (χ0n) is 26.6. The first-order valence-electron chi connectivity index (χ1n) is 15.5. The summed E-state index contributed by atoms with van der Waals surface area (Å²) in [6.45, 7) is 0.395. The molecule has 0 radical (unpaired) electrons. The highest BCUT2D eigenvalue weighted by Crippen LogP contribution is 2.45. The number of aliphatic hydroxyl groups excluding tert-OH is 1. The molecule has 11 nitrogen and oxygen atoms in total. The maximum Gasteiger partial charge on any atom is 0.573 e. The van der Waals surface area contributed by atoms with Gasteiger partial charge >= 0.3 is 6.36 Å². The van der Waals surface area contributed by atoms with Crippen LogP contribution < -0.4 is 20.3 Å². The van der Waals surface area contributed by atoms with Gasteiger partial charge in [-0.3, -0.25) is 10.2 Å². The van der Waals surface area contributed by atoms with Crippen molar-refractivity contribution >= 4 is 23.6 Å². The zero-order valence-corrected chi connectivity index (χ0v) is 26.6. The number of azide groups is 1. The largest absolute Gasteiger partial charge is 0.573 e. The van der Waals surface area contributed by atoms with Gasteiger partial charge in [0.2, 0.25) is 5.90 Å². The lowest BCUT2D eigenvalue weighted by atomic mass is 9.83. The Hall–Kier alpha value is -5.82. The second kappa shape index (κ2) is 16.5. The molecule has 0 fully saturated rings. The molecule has 2 atom stereocenters. The van der Waals surface area contributed by atoms with Crippen LogP contribution in [0.1, 0.15) is 41.2 Å². The minimum Gasteiger partial charge on any atom is -0.494 e. The maximum atomic E-state index is 14.4. The molecule has 50 heavy (non-hydrogen) atoms. The van der Waals surface area contributed by atoms with Crippen molar-refractivity contribution < 1.29 is 37.3 Å². The molecule has 4 aromatic carbocycles. The van der Waals surface area contributed by atoms with Crippen molar-refractivity contribution in [3.05, 3.63) is 142 Å². The van der Waals surface area contributed by atoms with Crippen LogP contribution in [0.2, 0.25) is 0 Å². The first kappa shape index (κ1) is 35.5. The van der Waals surface area contributed by atoms with Gasteiger partial charge in [0.1, 0.15) is 11.5 Å². The summed E-state index contributed by atoms with van der Waals surface area (Å²) in [6, 6.07) is 28.4. The van der Waals surface area contributed by atoms with Gasteiger partial charge in [-0.25, -0.2) is 10.4 Å². The normalized spacial score (nSPS) is 17.0. The number of halogens is 3. The number of carbonyl (C=O) groups is 1. The van der Waals surface area contributed by atoms with E-state index >= 15 is 0 Å². The van der Waals surface area contributed by atoms with Crippen LogP contribution in [0.15, 0.2) is 119 Å². The minimum atomic E-state index is -4.82. The number of carbonyl (C=O) groups excluding carboxylic acids is 1. The first-order valence-corrected chi connectivity index (χ1v) is 15.5. The lowest BCUT2D eigenvalue weighted by molar-refractivity contribution is -0.274. The van der Waals surface area contributed by atoms with Gasteiger partial charge in [0, 0.05) is 47.7 Å². The highest BCUT2D eigenvalue weighted by molar-refractivity contribution is 6.01. The number of aliphatic hydroxyl groups is 1. The van der Waals surface area contributed by atoms with Gasteiger partial charge in [0.05, 0.1) is 6.61 Å². The zero-order chi connectivity index (χ0) is 35.4. The molecule has 0 aliphatic carbocycles. The molecule has 14 heteroatoms. The number of aliphatic imine (C=N–C) groups is 1. The SMILES string of the molecule is [N-]=[N+]=Nc1ccccc1[C@@H]1OC(c2ccc(OCCCO)cc2)=N[C@]1(C/C=C/c1ccccc1)C(=O)NNCc1ccc(OC(F)(F)F)cc1. The molecule has 0 saturated heterocycles. The smallest absolute Gasteiger partial charge is 0.494 e. The third kappa shape index (κ3) is 9.20. The quantitative estimate of drug-likeness (QED) is 0.0388. The third-order valence-electron chi connectivity index (χ3n) is 7.59. The van der Waals surface area contributed by atoms with Crippen molar-refractivity contribution in [1.29, 1.82) is 0 Å². The minimum absolute atomic E-state index is 0.00234. The second-order valence-electron chi connectivity index (χ2n) is 11.1. The predicted octanol–water partition coefficient (Wildman–Crippen LogP) is 7.47. The average molecular weight is 687 g/mol. The Morgan fingerprint density at radius 2 is 1.70 bits per heavy atom. The summed E-state index contributed by atoms with van der Waals surface area (Å²) in [5, 5.41) is 12.9. The van der Waals surface area contributed by atoms with Gasteiger partial charge in [0.25, 0.3) is 5.91 Å². The topological polar surface area (TPSA) is 150 Å². The fourth-order valence-electron chi connectivity index (χ4n) is 5.22. The lowest BCUT2D eigenvalue weighted by Gasteiger charge is -2.30. The van der Waals surface area contributed by atoms with Crippen LogP contribution >= 0.6 is 0 Å². The van der Waals surface area contributed by atoms with Gasteiger partial charge in [-0.2, -0.15) is 0 Å². The number of amides is 1. The van der Waals surface area contributed by atoms with E-state index in [-0.39, 0.29) is 36.9 Å². The van der Waals surface area contributed by atoms with Gasteiger partial charge in [-0.1, -0.05) is 84.0 Å². The van der Waals surface area contributed by atoms with Crippen LogP contribution in [0.4, 0.5) is 18.9 Å². The molecule has 258 valence electrons. The molecule has 1 amide bonds. The van der Waals surface area contributed by atoms with E-state index in [2.05, 4.69) is 25.6 Å². The van der Waals surface area contributed by atoms with E-state index in [1.807, 2.05) is 42.5 Å². The van der Waals surface area contributed by atoms with Crippen LogP contribution in [0.5, 0.6) is 11.5 Å². The number of hydrogen-bond donors (Lipinski definition) is 3. The number of hydrogen-bond acceptors (Lipinski definition) is 8. The number of nitrogens with one attached hydrogen (secondary N) is 2. The molecule has 0 aromatic heterocycles. The summed E-state index contributed by atoms with van der Waals surface area (Å²) in [4.78, 5) is 22.2. The van der Waals surface area contributed by atoms with Crippen molar-refractivity contribution in [2.45, 2.75) is 37.4 Å². The van der Waals surface area contributed by atoms with Gasteiger partial charge in [0.15, 0.2) is 11.6 Å². The van der Waals surface area contributed by atoms with Gasteiger partial charge in [-0.15, -0.1) is 13.2 Å². The highest BCUT2D eigenvalue weighted by Gasteiger charge is 2.53. The Balaban J connectivity index is 1.48. The maximum absolute atomic E-state index is 14.4. The predicted molar refractivity (Wildman–Crippen MR) is 180 cm³/mol.